The van der Waals surface area contributed by atoms with Crippen molar-refractivity contribution in [2.75, 3.05) is 0 Å². The largest absolute Gasteiger partial charge is 0.294 e. The topological polar surface area (TPSA) is 17.1 Å². The predicted octanol–water partition coefficient (Wildman–Crippen LogP) is 4.43. The molecule has 2 rings (SSSR count). The van der Waals surface area contributed by atoms with E-state index in [1.54, 1.807) is 0 Å². The Morgan fingerprint density at radius 2 is 1.89 bits per heavy atom. The molecule has 1 nitrogen and oxygen atoms in total. The van der Waals surface area contributed by atoms with E-state index in [1.165, 1.54) is 31.9 Å². The Kier molecular flexibility index (Phi) is 4.10. The third-order valence-corrected chi connectivity index (χ3v) is 3.83. The molecule has 0 heterocycles. The molecule has 1 aromatic carbocycles. The zero-order valence-corrected chi connectivity index (χ0v) is 10.6. The Labute approximate surface area is 106 Å². The highest BCUT2D eigenvalue weighted by Gasteiger charge is 2.20. The average Bonchev–Trinajstić information content (AvgIpc) is 2.86. The minimum absolute atomic E-state index is 0.101. The molecule has 1 fully saturated rings. The van der Waals surface area contributed by atoms with E-state index < -0.39 is 11.6 Å². The highest BCUT2D eigenvalue weighted by Crippen LogP contribution is 2.29. The molecular formula is C15H18F2O. The van der Waals surface area contributed by atoms with Crippen LogP contribution in [0.4, 0.5) is 8.78 Å². The molecule has 18 heavy (non-hydrogen) atoms. The Morgan fingerprint density at radius 1 is 1.22 bits per heavy atom. The second-order valence-electron chi connectivity index (χ2n) is 5.17. The highest BCUT2D eigenvalue weighted by molar-refractivity contribution is 5.96. The van der Waals surface area contributed by atoms with Gasteiger partial charge in [-0.15, -0.1) is 0 Å². The summed E-state index contributed by atoms with van der Waals surface area (Å²) < 4.78 is 27.0. The zero-order valence-electron chi connectivity index (χ0n) is 10.6. The second-order valence-corrected chi connectivity index (χ2v) is 5.17. The van der Waals surface area contributed by atoms with Gasteiger partial charge in [-0.2, -0.15) is 0 Å². The monoisotopic (exact) mass is 252 g/mol. The van der Waals surface area contributed by atoms with E-state index in [1.807, 2.05) is 0 Å². The molecule has 1 aliphatic carbocycles. The van der Waals surface area contributed by atoms with Crippen LogP contribution < -0.4 is 0 Å². The second kappa shape index (κ2) is 5.59. The minimum Gasteiger partial charge on any atom is -0.294 e. The fourth-order valence-corrected chi connectivity index (χ4v) is 2.63. The fraction of sp³-hybridized carbons (Fsp3) is 0.533. The van der Waals surface area contributed by atoms with Crippen LogP contribution in [0.25, 0.3) is 0 Å². The van der Waals surface area contributed by atoms with E-state index in [-0.39, 0.29) is 16.9 Å². The van der Waals surface area contributed by atoms with Crippen molar-refractivity contribution in [3.63, 3.8) is 0 Å². The maximum absolute atomic E-state index is 13.6. The SMILES string of the molecule is Cc1ccc(C(=O)CCC2CCCC2)c(F)c1F. The Hall–Kier alpha value is -1.25. The number of Topliss-reactive ketones (excluding diaryl/α,β-unsaturated/α-hetero) is 1. The van der Waals surface area contributed by atoms with Gasteiger partial charge in [-0.05, 0) is 30.9 Å². The molecule has 0 radical (unpaired) electrons. The molecule has 0 atom stereocenters. The van der Waals surface area contributed by atoms with Gasteiger partial charge in [-0.1, -0.05) is 31.7 Å². The number of benzene rings is 1. The number of halogens is 2. The molecule has 0 aromatic heterocycles. The van der Waals surface area contributed by atoms with Crippen molar-refractivity contribution in [1.82, 2.24) is 0 Å². The Morgan fingerprint density at radius 3 is 2.56 bits per heavy atom. The van der Waals surface area contributed by atoms with Gasteiger partial charge in [0.2, 0.25) is 0 Å². The van der Waals surface area contributed by atoms with Crippen LogP contribution >= 0.6 is 0 Å². The molecule has 0 unspecified atom stereocenters. The maximum Gasteiger partial charge on any atom is 0.169 e. The summed E-state index contributed by atoms with van der Waals surface area (Å²) in [4.78, 5) is 11.9. The quantitative estimate of drug-likeness (QED) is 0.725. The first-order valence-corrected chi connectivity index (χ1v) is 6.57. The number of hydrogen-bond acceptors (Lipinski definition) is 1. The summed E-state index contributed by atoms with van der Waals surface area (Å²) in [5.74, 6) is -1.58. The lowest BCUT2D eigenvalue weighted by atomic mass is 9.97. The first-order valence-electron chi connectivity index (χ1n) is 6.57. The lowest BCUT2D eigenvalue weighted by Gasteiger charge is -2.09. The molecule has 1 aliphatic rings. The van der Waals surface area contributed by atoms with Crippen molar-refractivity contribution in [3.05, 3.63) is 34.9 Å². The third kappa shape index (κ3) is 2.77. The van der Waals surface area contributed by atoms with Gasteiger partial charge in [0.05, 0.1) is 5.56 Å². The Balaban J connectivity index is 2.02. The molecule has 0 N–H and O–H groups in total. The average molecular weight is 252 g/mol. The molecule has 0 spiro atoms. The highest BCUT2D eigenvalue weighted by atomic mass is 19.2. The summed E-state index contributed by atoms with van der Waals surface area (Å²) in [5, 5.41) is 0. The summed E-state index contributed by atoms with van der Waals surface area (Å²) in [6.45, 7) is 1.49. The molecule has 0 aliphatic heterocycles. The van der Waals surface area contributed by atoms with Crippen LogP contribution in [0.1, 0.15) is 54.4 Å². The van der Waals surface area contributed by atoms with E-state index in [4.69, 9.17) is 0 Å². The van der Waals surface area contributed by atoms with E-state index in [9.17, 15) is 13.6 Å². The first-order chi connectivity index (χ1) is 8.59. The summed E-state index contributed by atoms with van der Waals surface area (Å²) in [5.41, 5.74) is 0.135. The van der Waals surface area contributed by atoms with Crippen LogP contribution in [0, 0.1) is 24.5 Å². The van der Waals surface area contributed by atoms with E-state index >= 15 is 0 Å². The summed E-state index contributed by atoms with van der Waals surface area (Å²) in [7, 11) is 0. The van der Waals surface area contributed by atoms with E-state index in [0.717, 1.165) is 19.3 Å². The lowest BCUT2D eigenvalue weighted by Crippen LogP contribution is -2.07. The number of carbonyl (C=O) groups excluding carboxylic acids is 1. The van der Waals surface area contributed by atoms with E-state index in [0.29, 0.717) is 12.3 Å². The van der Waals surface area contributed by atoms with Crippen LogP contribution in [0.2, 0.25) is 0 Å². The number of aryl methyl sites for hydroxylation is 1. The molecule has 0 bridgehead atoms. The van der Waals surface area contributed by atoms with Crippen LogP contribution in [-0.2, 0) is 0 Å². The molecule has 0 saturated heterocycles. The molecule has 0 amide bonds. The first kappa shape index (κ1) is 13.2. The number of carbonyl (C=O) groups is 1. The van der Waals surface area contributed by atoms with Gasteiger partial charge >= 0.3 is 0 Å². The predicted molar refractivity (Wildman–Crippen MR) is 66.6 cm³/mol. The fourth-order valence-electron chi connectivity index (χ4n) is 2.63. The van der Waals surface area contributed by atoms with Gasteiger partial charge in [0.15, 0.2) is 17.4 Å². The zero-order chi connectivity index (χ0) is 13.1. The Bertz CT molecular complexity index is 448. The van der Waals surface area contributed by atoms with Crippen LogP contribution in [0.5, 0.6) is 0 Å². The normalized spacial score (nSPS) is 16.2. The summed E-state index contributed by atoms with van der Waals surface area (Å²) in [6, 6.07) is 2.85. The van der Waals surface area contributed by atoms with Crippen molar-refractivity contribution in [2.45, 2.75) is 45.4 Å². The molecule has 98 valence electrons. The number of rotatable bonds is 4. The van der Waals surface area contributed by atoms with Gasteiger partial charge in [0.25, 0.3) is 0 Å². The van der Waals surface area contributed by atoms with Crippen LogP contribution in [0.3, 0.4) is 0 Å². The van der Waals surface area contributed by atoms with Crippen LogP contribution in [-0.4, -0.2) is 5.78 Å². The molecule has 1 aromatic rings. The summed E-state index contributed by atoms with van der Waals surface area (Å²) >= 11 is 0. The van der Waals surface area contributed by atoms with Gasteiger partial charge in [0.1, 0.15) is 0 Å². The van der Waals surface area contributed by atoms with Crippen molar-refractivity contribution in [3.8, 4) is 0 Å². The lowest BCUT2D eigenvalue weighted by molar-refractivity contribution is 0.0969. The molecule has 3 heteroatoms. The molecular weight excluding hydrogens is 234 g/mol. The summed E-state index contributed by atoms with van der Waals surface area (Å²) in [6.07, 6.45) is 5.91. The maximum atomic E-state index is 13.6. The van der Waals surface area contributed by atoms with Crippen molar-refractivity contribution >= 4 is 5.78 Å². The van der Waals surface area contributed by atoms with Crippen molar-refractivity contribution < 1.29 is 13.6 Å². The van der Waals surface area contributed by atoms with E-state index in [2.05, 4.69) is 0 Å². The standard InChI is InChI=1S/C15H18F2O/c1-10-6-8-12(15(17)14(10)16)13(18)9-7-11-4-2-3-5-11/h6,8,11H,2-5,7,9H2,1H3. The van der Waals surface area contributed by atoms with Crippen molar-refractivity contribution in [1.29, 1.82) is 0 Å². The third-order valence-electron chi connectivity index (χ3n) is 3.83. The van der Waals surface area contributed by atoms with Gasteiger partial charge < -0.3 is 0 Å². The van der Waals surface area contributed by atoms with Gasteiger partial charge in [-0.25, -0.2) is 8.78 Å². The smallest absolute Gasteiger partial charge is 0.169 e. The van der Waals surface area contributed by atoms with Crippen molar-refractivity contribution in [2.24, 2.45) is 5.92 Å². The molecule has 1 saturated carbocycles. The van der Waals surface area contributed by atoms with Gasteiger partial charge in [0, 0.05) is 6.42 Å². The number of hydrogen-bond donors (Lipinski definition) is 0. The minimum atomic E-state index is -0.994. The van der Waals surface area contributed by atoms with Gasteiger partial charge in [-0.3, -0.25) is 4.79 Å². The number of ketones is 1. The van der Waals surface area contributed by atoms with Crippen LogP contribution in [0.15, 0.2) is 12.1 Å².